The second-order valence-electron chi connectivity index (χ2n) is 2.48. The molecule has 0 atom stereocenters. The van der Waals surface area contributed by atoms with Crippen molar-refractivity contribution in [3.8, 4) is 0 Å². The van der Waals surface area contributed by atoms with Crippen molar-refractivity contribution >= 4 is 11.7 Å². The molecule has 0 bridgehead atoms. The van der Waals surface area contributed by atoms with E-state index in [-0.39, 0.29) is 0 Å². The van der Waals surface area contributed by atoms with E-state index in [0.717, 1.165) is 24.6 Å². The Kier molecular flexibility index (Phi) is 1.62. The number of nitrogens with zero attached hydrogens (tertiary/aromatic N) is 3. The smallest absolute Gasteiger partial charge is 0.149 e. The maximum atomic E-state index is 5.39. The number of hydrogen-bond acceptors (Lipinski definition) is 5. The van der Waals surface area contributed by atoms with E-state index in [9.17, 15) is 0 Å². The highest BCUT2D eigenvalue weighted by Crippen LogP contribution is 1.99. The normalized spacial score (nSPS) is 15.5. The van der Waals surface area contributed by atoms with Gasteiger partial charge in [-0.25, -0.2) is 9.97 Å². The number of nitrogens with two attached hydrogens (primary N) is 1. The van der Waals surface area contributed by atoms with Crippen LogP contribution < -0.4 is 11.1 Å². The topological polar surface area (TPSA) is 76.2 Å². The molecule has 12 heavy (non-hydrogen) atoms. The minimum Gasteiger partial charge on any atom is -0.382 e. The summed E-state index contributed by atoms with van der Waals surface area (Å²) < 4.78 is 0. The predicted octanol–water partition coefficient (Wildman–Crippen LogP) is -0.591. The summed E-state index contributed by atoms with van der Waals surface area (Å²) in [4.78, 5) is 12.2. The molecule has 5 heteroatoms. The lowest BCUT2D eigenvalue weighted by Crippen LogP contribution is -2.20. The molecule has 0 saturated carbocycles. The molecular weight excluding hydrogens is 154 g/mol. The predicted molar refractivity (Wildman–Crippen MR) is 45.9 cm³/mol. The molecule has 0 amide bonds. The Labute approximate surface area is 69.7 Å². The van der Waals surface area contributed by atoms with Crippen LogP contribution in [0.5, 0.6) is 0 Å². The molecule has 0 aromatic carbocycles. The van der Waals surface area contributed by atoms with E-state index in [2.05, 4.69) is 20.3 Å². The van der Waals surface area contributed by atoms with E-state index in [0.29, 0.717) is 5.82 Å². The summed E-state index contributed by atoms with van der Waals surface area (Å²) in [6.45, 7) is 1.68. The van der Waals surface area contributed by atoms with Crippen molar-refractivity contribution in [1.82, 2.24) is 15.3 Å². The molecule has 0 saturated heterocycles. The molecule has 0 radical (unpaired) electrons. The Morgan fingerprint density at radius 1 is 1.33 bits per heavy atom. The maximum Gasteiger partial charge on any atom is 0.149 e. The van der Waals surface area contributed by atoms with Crippen molar-refractivity contribution in [3.05, 3.63) is 18.1 Å². The maximum absolute atomic E-state index is 5.39. The molecule has 1 aliphatic heterocycles. The molecule has 3 N–H and O–H groups in total. The Morgan fingerprint density at radius 3 is 2.83 bits per heavy atom. The largest absolute Gasteiger partial charge is 0.382 e. The van der Waals surface area contributed by atoms with Gasteiger partial charge in [-0.15, -0.1) is 0 Å². The molecule has 1 aromatic heterocycles. The van der Waals surface area contributed by atoms with Crippen molar-refractivity contribution in [3.63, 3.8) is 0 Å². The third kappa shape index (κ3) is 1.20. The molecule has 2 heterocycles. The molecule has 5 nitrogen and oxygen atoms in total. The van der Waals surface area contributed by atoms with E-state index < -0.39 is 0 Å². The van der Waals surface area contributed by atoms with Gasteiger partial charge < -0.3 is 11.1 Å². The zero-order chi connectivity index (χ0) is 8.39. The van der Waals surface area contributed by atoms with Gasteiger partial charge in [-0.2, -0.15) is 0 Å². The van der Waals surface area contributed by atoms with Gasteiger partial charge in [-0.1, -0.05) is 0 Å². The first-order valence-corrected chi connectivity index (χ1v) is 3.72. The quantitative estimate of drug-likeness (QED) is 0.580. The summed E-state index contributed by atoms with van der Waals surface area (Å²) in [5, 5.41) is 3.10. The van der Waals surface area contributed by atoms with Crippen LogP contribution in [-0.4, -0.2) is 28.9 Å². The molecule has 2 rings (SSSR count). The van der Waals surface area contributed by atoms with Gasteiger partial charge in [0.2, 0.25) is 0 Å². The Hall–Kier alpha value is -1.65. The second-order valence-corrected chi connectivity index (χ2v) is 2.48. The number of amidine groups is 1. The van der Waals surface area contributed by atoms with Crippen molar-refractivity contribution in [1.29, 1.82) is 0 Å². The van der Waals surface area contributed by atoms with Crippen LogP contribution in [0.15, 0.2) is 17.4 Å². The van der Waals surface area contributed by atoms with Crippen molar-refractivity contribution in [2.24, 2.45) is 4.99 Å². The third-order valence-corrected chi connectivity index (χ3v) is 1.59. The van der Waals surface area contributed by atoms with E-state index in [1.807, 2.05) is 0 Å². The Bertz CT molecular complexity index is 302. The highest BCUT2D eigenvalue weighted by molar-refractivity contribution is 5.97. The lowest BCUT2D eigenvalue weighted by atomic mass is 10.4. The van der Waals surface area contributed by atoms with Gasteiger partial charge in [0.15, 0.2) is 0 Å². The summed E-state index contributed by atoms with van der Waals surface area (Å²) >= 11 is 0. The lowest BCUT2D eigenvalue weighted by molar-refractivity contribution is 0.957. The van der Waals surface area contributed by atoms with Crippen molar-refractivity contribution < 1.29 is 0 Å². The molecule has 1 aromatic rings. The van der Waals surface area contributed by atoms with Gasteiger partial charge in [0, 0.05) is 6.54 Å². The van der Waals surface area contributed by atoms with Gasteiger partial charge in [-0.3, -0.25) is 4.99 Å². The van der Waals surface area contributed by atoms with E-state index in [1.165, 1.54) is 6.20 Å². The summed E-state index contributed by atoms with van der Waals surface area (Å²) in [5.41, 5.74) is 6.14. The minimum absolute atomic E-state index is 0.428. The second kappa shape index (κ2) is 2.77. The average Bonchev–Trinajstić information content (AvgIpc) is 2.58. The van der Waals surface area contributed by atoms with Crippen LogP contribution in [0.4, 0.5) is 5.82 Å². The van der Waals surface area contributed by atoms with Gasteiger partial charge >= 0.3 is 0 Å². The number of hydrogen-bond donors (Lipinski definition) is 2. The Morgan fingerprint density at radius 2 is 2.25 bits per heavy atom. The number of aliphatic imine (C=N–C) groups is 1. The molecule has 0 fully saturated rings. The van der Waals surface area contributed by atoms with Crippen LogP contribution in [0, 0.1) is 0 Å². The third-order valence-electron chi connectivity index (χ3n) is 1.59. The van der Waals surface area contributed by atoms with Crippen LogP contribution >= 0.6 is 0 Å². The molecule has 0 unspecified atom stereocenters. The summed E-state index contributed by atoms with van der Waals surface area (Å²) in [7, 11) is 0. The fourth-order valence-electron chi connectivity index (χ4n) is 1.03. The zero-order valence-corrected chi connectivity index (χ0v) is 6.49. The molecule has 1 aliphatic rings. The average molecular weight is 163 g/mol. The minimum atomic E-state index is 0.428. The summed E-state index contributed by atoms with van der Waals surface area (Å²) in [6, 6.07) is 0. The van der Waals surface area contributed by atoms with E-state index in [4.69, 9.17) is 5.73 Å². The van der Waals surface area contributed by atoms with Gasteiger partial charge in [0.1, 0.15) is 17.3 Å². The summed E-state index contributed by atoms with van der Waals surface area (Å²) in [5.74, 6) is 1.24. The van der Waals surface area contributed by atoms with Crippen molar-refractivity contribution in [2.45, 2.75) is 0 Å². The van der Waals surface area contributed by atoms with Gasteiger partial charge in [0.05, 0.1) is 18.9 Å². The monoisotopic (exact) mass is 163 g/mol. The zero-order valence-electron chi connectivity index (χ0n) is 6.49. The van der Waals surface area contributed by atoms with Crippen LogP contribution in [0.3, 0.4) is 0 Å². The van der Waals surface area contributed by atoms with E-state index in [1.54, 1.807) is 6.20 Å². The number of nitrogen functional groups attached to an aromatic ring is 1. The first-order valence-electron chi connectivity index (χ1n) is 3.72. The number of anilines is 1. The first-order chi connectivity index (χ1) is 5.86. The SMILES string of the molecule is Nc1cnc(C2=NCCN2)cn1. The molecule has 62 valence electrons. The Balaban J connectivity index is 2.28. The molecular formula is C7H9N5. The summed E-state index contributed by atoms with van der Waals surface area (Å²) in [6.07, 6.45) is 3.14. The van der Waals surface area contributed by atoms with E-state index >= 15 is 0 Å². The van der Waals surface area contributed by atoms with Crippen molar-refractivity contribution in [2.75, 3.05) is 18.8 Å². The standard InChI is InChI=1S/C7H9N5/c8-6-4-11-5(3-12-6)7-9-1-2-10-7/h3-4H,1-2H2,(H2,8,12)(H,9,10). The first kappa shape index (κ1) is 7.02. The van der Waals surface area contributed by atoms with Crippen LogP contribution in [-0.2, 0) is 0 Å². The van der Waals surface area contributed by atoms with Crippen LogP contribution in [0.1, 0.15) is 5.69 Å². The van der Waals surface area contributed by atoms with Gasteiger partial charge in [-0.05, 0) is 0 Å². The fourth-order valence-corrected chi connectivity index (χ4v) is 1.03. The van der Waals surface area contributed by atoms with Crippen LogP contribution in [0.2, 0.25) is 0 Å². The molecule has 0 aliphatic carbocycles. The highest BCUT2D eigenvalue weighted by Gasteiger charge is 2.08. The lowest BCUT2D eigenvalue weighted by Gasteiger charge is -1.99. The number of rotatable bonds is 1. The van der Waals surface area contributed by atoms with Gasteiger partial charge in [0.25, 0.3) is 0 Å². The fraction of sp³-hybridized carbons (Fsp3) is 0.286. The number of aromatic nitrogens is 2. The highest BCUT2D eigenvalue weighted by atomic mass is 15.1. The number of nitrogens with one attached hydrogen (secondary N) is 1. The molecule has 0 spiro atoms. The van der Waals surface area contributed by atoms with Crippen LogP contribution in [0.25, 0.3) is 0 Å².